The fraction of sp³-hybridized carbons (Fsp3) is 0.500. The monoisotopic (exact) mass is 624 g/mol. The largest absolute Gasteiger partial charge is 0.518 e. The molecule has 1 aromatic heterocycles. The van der Waals surface area contributed by atoms with Gasteiger partial charge in [0.2, 0.25) is 0 Å². The molecule has 0 radical (unpaired) electrons. The van der Waals surface area contributed by atoms with E-state index in [0.717, 1.165) is 0 Å². The molecule has 0 amide bonds. The van der Waals surface area contributed by atoms with Gasteiger partial charge in [0.25, 0.3) is 17.8 Å². The second-order valence-electron chi connectivity index (χ2n) is 4.73. The van der Waals surface area contributed by atoms with Crippen LogP contribution in [0.2, 0.25) is 0 Å². The average molecular weight is 626 g/mol. The van der Waals surface area contributed by atoms with Crippen molar-refractivity contribution in [2.45, 2.75) is 16.5 Å². The highest BCUT2D eigenvalue weighted by Gasteiger charge is 2.55. The van der Waals surface area contributed by atoms with E-state index in [2.05, 4.69) is 15.0 Å². The molecule has 0 fully saturated rings. The number of aromatic nitrogens is 3. The number of anilines is 3. The Hall–Kier alpha value is -1.50. The zero-order valence-corrected chi connectivity index (χ0v) is 18.6. The molecule has 1 aromatic rings. The molecule has 0 spiro atoms. The molecule has 0 aliphatic carbocycles. The summed E-state index contributed by atoms with van der Waals surface area (Å²) >= 11 is 14.6. The summed E-state index contributed by atoms with van der Waals surface area (Å²) < 4.78 is 177. The third-order valence-corrected chi connectivity index (χ3v) is 8.18. The second-order valence-corrected chi connectivity index (χ2v) is 11.7. The maximum Gasteiger partial charge on any atom is 0.518 e. The fourth-order valence-electron chi connectivity index (χ4n) is 1.17. The molecule has 0 saturated carbocycles. The van der Waals surface area contributed by atoms with Crippen LogP contribution in [0.25, 0.3) is 0 Å². The summed E-state index contributed by atoms with van der Waals surface area (Å²) in [5.41, 5.74) is -18.9. The molecule has 0 aliphatic rings. The number of hydrogen-bond donors (Lipinski definition) is 0. The minimum atomic E-state index is -6.76. The Balaban J connectivity index is 3.94. The molecular formula is C6Cl3F9N6O6S3. The van der Waals surface area contributed by atoms with Crippen LogP contribution in [0.3, 0.4) is 0 Å². The summed E-state index contributed by atoms with van der Waals surface area (Å²) in [6, 6.07) is 0. The van der Waals surface area contributed by atoms with E-state index >= 15 is 0 Å². The van der Waals surface area contributed by atoms with Crippen molar-refractivity contribution in [3.05, 3.63) is 0 Å². The van der Waals surface area contributed by atoms with Gasteiger partial charge in [0.05, 0.1) is 0 Å². The van der Waals surface area contributed by atoms with Crippen molar-refractivity contribution >= 4 is 83.2 Å². The summed E-state index contributed by atoms with van der Waals surface area (Å²) in [6.45, 7) is 0. The summed E-state index contributed by atoms with van der Waals surface area (Å²) in [5.74, 6) is -6.83. The molecule has 27 heteroatoms. The first kappa shape index (κ1) is 29.5. The molecule has 33 heavy (non-hydrogen) atoms. The van der Waals surface area contributed by atoms with Crippen molar-refractivity contribution in [2.75, 3.05) is 11.5 Å². The Morgan fingerprint density at radius 1 is 0.485 bits per heavy atom. The summed E-state index contributed by atoms with van der Waals surface area (Å²) in [7, 11) is -20.3. The predicted octanol–water partition coefficient (Wildman–Crippen LogP) is 2.30. The number of rotatable bonds is 6. The van der Waals surface area contributed by atoms with Gasteiger partial charge in [-0.1, -0.05) is 0 Å². The van der Waals surface area contributed by atoms with Crippen LogP contribution in [0.1, 0.15) is 0 Å². The first-order valence-corrected chi connectivity index (χ1v) is 11.7. The summed E-state index contributed by atoms with van der Waals surface area (Å²) in [6.07, 6.45) is 0. The van der Waals surface area contributed by atoms with E-state index in [0.29, 0.717) is 0 Å². The van der Waals surface area contributed by atoms with Crippen molar-refractivity contribution in [2.24, 2.45) is 0 Å². The minimum Gasteiger partial charge on any atom is -0.195 e. The van der Waals surface area contributed by atoms with Gasteiger partial charge in [-0.05, 0) is 0 Å². The van der Waals surface area contributed by atoms with Crippen molar-refractivity contribution in [1.82, 2.24) is 15.0 Å². The van der Waals surface area contributed by atoms with Crippen molar-refractivity contribution in [1.29, 1.82) is 0 Å². The third kappa shape index (κ3) is 5.44. The molecule has 0 atom stereocenters. The van der Waals surface area contributed by atoms with Gasteiger partial charge in [-0.2, -0.15) is 79.7 Å². The molecule has 0 aliphatic heterocycles. The van der Waals surface area contributed by atoms with Gasteiger partial charge < -0.3 is 0 Å². The van der Waals surface area contributed by atoms with Crippen LogP contribution in [0.15, 0.2) is 0 Å². The van der Waals surface area contributed by atoms with Crippen LogP contribution in [-0.2, 0) is 30.1 Å². The highest BCUT2D eigenvalue weighted by atomic mass is 35.5. The van der Waals surface area contributed by atoms with Crippen LogP contribution in [0, 0.1) is 0 Å². The van der Waals surface area contributed by atoms with Gasteiger partial charge in [-0.25, -0.2) is 0 Å². The fourth-order valence-corrected chi connectivity index (χ4v) is 3.54. The molecule has 0 N–H and O–H groups in total. The number of hydrogen-bond acceptors (Lipinski definition) is 9. The number of sulfonamides is 3. The quantitative estimate of drug-likeness (QED) is 0.343. The number of nitrogens with zero attached hydrogens (tertiary/aromatic N) is 6. The normalized spacial score (nSPS) is 14.2. The molecule has 0 bridgehead atoms. The minimum absolute atomic E-state index is 1.54. The van der Waals surface area contributed by atoms with E-state index < -0.39 is 75.9 Å². The van der Waals surface area contributed by atoms with Gasteiger partial charge in [0.15, 0.2) is 0 Å². The Morgan fingerprint density at radius 2 is 0.636 bits per heavy atom. The van der Waals surface area contributed by atoms with Crippen LogP contribution >= 0.6 is 35.3 Å². The van der Waals surface area contributed by atoms with Crippen molar-refractivity contribution in [3.8, 4) is 0 Å². The standard InChI is InChI=1S/C6Cl3F9N6O6S3/c7-22(31(25,26)4(10,11)12)1-19-2(23(8)32(27,28)5(13,14)15)21-3(20-1)24(9)33(29,30)6(16,17)18. The van der Waals surface area contributed by atoms with Gasteiger partial charge >= 0.3 is 46.6 Å². The van der Waals surface area contributed by atoms with E-state index in [9.17, 15) is 64.8 Å². The lowest BCUT2D eigenvalue weighted by Crippen LogP contribution is -2.39. The zero-order valence-electron chi connectivity index (χ0n) is 13.9. The molecule has 12 nitrogen and oxygen atoms in total. The van der Waals surface area contributed by atoms with E-state index in [-0.39, 0.29) is 0 Å². The molecule has 1 rings (SSSR count). The van der Waals surface area contributed by atoms with Crippen molar-refractivity contribution in [3.63, 3.8) is 0 Å². The molecule has 192 valence electrons. The first-order chi connectivity index (χ1) is 14.3. The predicted molar refractivity (Wildman–Crippen MR) is 89.7 cm³/mol. The maximum atomic E-state index is 12.6. The van der Waals surface area contributed by atoms with E-state index in [1.54, 1.807) is 0 Å². The molecule has 0 saturated heterocycles. The van der Waals surface area contributed by atoms with Crippen LogP contribution in [0.5, 0.6) is 0 Å². The lowest BCUT2D eigenvalue weighted by Gasteiger charge is -2.21. The smallest absolute Gasteiger partial charge is 0.195 e. The van der Waals surface area contributed by atoms with E-state index in [1.165, 1.54) is 0 Å². The van der Waals surface area contributed by atoms with Gasteiger partial charge in [0, 0.05) is 35.3 Å². The second kappa shape index (κ2) is 8.62. The Morgan fingerprint density at radius 3 is 0.758 bits per heavy atom. The van der Waals surface area contributed by atoms with E-state index in [1.807, 2.05) is 0 Å². The lowest BCUT2D eigenvalue weighted by atomic mass is 10.8. The molecular weight excluding hydrogens is 626 g/mol. The summed E-state index contributed by atoms with van der Waals surface area (Å²) in [5, 5.41) is 0. The SMILES string of the molecule is O=S(=O)(N(Cl)c1nc(N(Cl)S(=O)(=O)C(F)(F)F)nc(N(Cl)S(=O)(=O)C(F)(F)F)n1)C(F)(F)F. The number of halogens is 12. The highest BCUT2D eigenvalue weighted by molar-refractivity contribution is 7.95. The highest BCUT2D eigenvalue weighted by Crippen LogP contribution is 2.37. The Bertz CT molecular complexity index is 1070. The maximum absolute atomic E-state index is 12.6. The number of alkyl halides is 9. The summed E-state index contributed by atoms with van der Waals surface area (Å²) in [4.78, 5) is 7.40. The first-order valence-electron chi connectivity index (χ1n) is 6.38. The van der Waals surface area contributed by atoms with Crippen LogP contribution < -0.4 is 11.5 Å². The third-order valence-electron chi connectivity index (χ3n) is 2.58. The Kier molecular flexibility index (Phi) is 7.71. The van der Waals surface area contributed by atoms with Gasteiger partial charge in [-0.15, -0.1) is 11.5 Å². The zero-order chi connectivity index (χ0) is 26.6. The topological polar surface area (TPSA) is 151 Å². The Labute approximate surface area is 190 Å². The van der Waals surface area contributed by atoms with Crippen LogP contribution in [0.4, 0.5) is 57.4 Å². The average Bonchev–Trinajstić information content (AvgIpc) is 2.62. The molecule has 0 unspecified atom stereocenters. The van der Waals surface area contributed by atoms with Gasteiger partial charge in [-0.3, -0.25) is 0 Å². The lowest BCUT2D eigenvalue weighted by molar-refractivity contribution is -0.0439. The van der Waals surface area contributed by atoms with Gasteiger partial charge in [0.1, 0.15) is 0 Å². The van der Waals surface area contributed by atoms with E-state index in [4.69, 9.17) is 35.3 Å². The van der Waals surface area contributed by atoms with Crippen LogP contribution in [-0.4, -0.2) is 56.7 Å². The molecule has 1 heterocycles. The molecule has 0 aromatic carbocycles. The van der Waals surface area contributed by atoms with Crippen molar-refractivity contribution < 1.29 is 64.8 Å².